The first-order valence-corrected chi connectivity index (χ1v) is 13.3. The lowest BCUT2D eigenvalue weighted by molar-refractivity contribution is 0.0424. The Morgan fingerprint density at radius 1 is 0.806 bits per heavy atom. The third-order valence-electron chi connectivity index (χ3n) is 7.60. The number of fused-ring (bicyclic) bond motifs is 1. The van der Waals surface area contributed by atoms with Crippen LogP contribution in [0, 0.1) is 0 Å². The second-order valence-electron chi connectivity index (χ2n) is 9.94. The van der Waals surface area contributed by atoms with Gasteiger partial charge >= 0.3 is 0 Å². The van der Waals surface area contributed by atoms with Crippen LogP contribution in [0.3, 0.4) is 0 Å². The van der Waals surface area contributed by atoms with Crippen LogP contribution in [-0.4, -0.2) is 103 Å². The Morgan fingerprint density at radius 3 is 2.11 bits per heavy atom. The lowest BCUT2D eigenvalue weighted by Gasteiger charge is -2.39. The van der Waals surface area contributed by atoms with Crippen LogP contribution in [0.4, 0.5) is 11.6 Å². The number of hydrogen-bond acceptors (Lipinski definition) is 8. The molecule has 3 fully saturated rings. The summed E-state index contributed by atoms with van der Waals surface area (Å²) in [5, 5.41) is 11.9. The number of ether oxygens (including phenoxy) is 1. The summed E-state index contributed by atoms with van der Waals surface area (Å²) in [6.45, 7) is 9.11. The maximum Gasteiger partial charge on any atom is 0.172 e. The third-order valence-corrected chi connectivity index (χ3v) is 7.85. The summed E-state index contributed by atoms with van der Waals surface area (Å²) in [6.07, 6.45) is -0.418. The van der Waals surface area contributed by atoms with Gasteiger partial charge in [0.15, 0.2) is 11.6 Å². The topological polar surface area (TPSA) is 68.2 Å². The van der Waals surface area contributed by atoms with Gasteiger partial charge in [0.2, 0.25) is 0 Å². The van der Waals surface area contributed by atoms with E-state index >= 15 is 0 Å². The Bertz CT molecular complexity index is 1180. The van der Waals surface area contributed by atoms with E-state index in [1.54, 1.807) is 0 Å². The zero-order valence-corrected chi connectivity index (χ0v) is 21.2. The summed E-state index contributed by atoms with van der Waals surface area (Å²) in [5.41, 5.74) is 3.07. The number of aliphatic hydroxyl groups excluding tert-OH is 1. The number of piperazine rings is 1. The molecule has 6 rings (SSSR count). The normalized spacial score (nSPS) is 24.1. The number of hydrogen-bond donors (Lipinski definition) is 1. The zero-order valence-electron chi connectivity index (χ0n) is 20.5. The van der Waals surface area contributed by atoms with Crippen molar-refractivity contribution in [1.29, 1.82) is 0 Å². The molecule has 3 aliphatic heterocycles. The van der Waals surface area contributed by atoms with Gasteiger partial charge in [-0.25, -0.2) is 9.97 Å². The Hall–Kier alpha value is -2.49. The molecule has 1 N–H and O–H groups in total. The first-order valence-electron chi connectivity index (χ1n) is 12.9. The highest BCUT2D eigenvalue weighted by atomic mass is 35.5. The number of aliphatic hydroxyl groups is 1. The van der Waals surface area contributed by atoms with Crippen molar-refractivity contribution in [3.05, 3.63) is 59.1 Å². The van der Waals surface area contributed by atoms with E-state index in [2.05, 4.69) is 31.7 Å². The van der Waals surface area contributed by atoms with Crippen LogP contribution in [0.2, 0.25) is 5.02 Å². The fraction of sp³-hybridized carbons (Fsp3) is 0.481. The van der Waals surface area contributed by atoms with Crippen molar-refractivity contribution in [2.24, 2.45) is 0 Å². The molecule has 0 radical (unpaired) electrons. The molecule has 0 saturated carbocycles. The van der Waals surface area contributed by atoms with Crippen LogP contribution in [-0.2, 0) is 11.3 Å². The van der Waals surface area contributed by atoms with E-state index < -0.39 is 6.10 Å². The van der Waals surface area contributed by atoms with Gasteiger partial charge in [0.05, 0.1) is 36.4 Å². The first kappa shape index (κ1) is 23.9. The molecule has 36 heavy (non-hydrogen) atoms. The summed E-state index contributed by atoms with van der Waals surface area (Å²) in [7, 11) is 0. The molecule has 1 aromatic heterocycles. The minimum atomic E-state index is -0.418. The van der Waals surface area contributed by atoms with Gasteiger partial charge in [-0.3, -0.25) is 9.80 Å². The molecule has 0 amide bonds. The van der Waals surface area contributed by atoms with E-state index in [9.17, 15) is 5.11 Å². The number of anilines is 2. The highest BCUT2D eigenvalue weighted by Gasteiger charge is 2.39. The Balaban J connectivity index is 1.16. The van der Waals surface area contributed by atoms with E-state index in [0.717, 1.165) is 80.0 Å². The van der Waals surface area contributed by atoms with Crippen molar-refractivity contribution >= 4 is 34.3 Å². The smallest absolute Gasteiger partial charge is 0.172 e. The van der Waals surface area contributed by atoms with Crippen LogP contribution in [0.1, 0.15) is 5.56 Å². The quantitative estimate of drug-likeness (QED) is 0.564. The molecule has 3 aliphatic rings. The highest BCUT2D eigenvalue weighted by molar-refractivity contribution is 6.30. The van der Waals surface area contributed by atoms with E-state index in [0.29, 0.717) is 19.8 Å². The van der Waals surface area contributed by atoms with Gasteiger partial charge in [-0.2, -0.15) is 0 Å². The maximum atomic E-state index is 11.1. The van der Waals surface area contributed by atoms with E-state index in [1.807, 2.05) is 36.4 Å². The monoisotopic (exact) mass is 508 g/mol. The van der Waals surface area contributed by atoms with Crippen molar-refractivity contribution in [2.75, 3.05) is 75.4 Å². The summed E-state index contributed by atoms with van der Waals surface area (Å²) < 4.78 is 5.58. The molecule has 9 heteroatoms. The minimum Gasteiger partial charge on any atom is -0.390 e. The number of nitrogens with zero attached hydrogens (tertiary/aromatic N) is 6. The SMILES string of the molecule is OC1CN(c2nc3ccccc3nc2N2CCOCC2)CC1N1CCN(Cc2ccc(Cl)cc2)CC1. The number of β-amino-alcohol motifs (C(OH)–C–C–N with tert-alkyl or cyclic N) is 1. The summed E-state index contributed by atoms with van der Waals surface area (Å²) >= 11 is 6.03. The van der Waals surface area contributed by atoms with Crippen LogP contribution < -0.4 is 9.80 Å². The van der Waals surface area contributed by atoms with Crippen molar-refractivity contribution < 1.29 is 9.84 Å². The predicted molar refractivity (Wildman–Crippen MR) is 143 cm³/mol. The number of halogens is 1. The van der Waals surface area contributed by atoms with Crippen molar-refractivity contribution in [2.45, 2.75) is 18.7 Å². The van der Waals surface area contributed by atoms with Gasteiger partial charge in [0.25, 0.3) is 0 Å². The molecule has 3 aromatic rings. The lowest BCUT2D eigenvalue weighted by Crippen LogP contribution is -2.53. The second kappa shape index (κ2) is 10.5. The standard InChI is InChI=1S/C27H33ClN6O2/c28-21-7-5-20(6-8-21)17-31-9-11-32(12-10-31)24-18-34(19-25(24)35)27-26(33-13-15-36-16-14-33)29-22-3-1-2-4-23(22)30-27/h1-8,24-25,35H,9-19H2. The predicted octanol–water partition coefficient (Wildman–Crippen LogP) is 2.49. The Morgan fingerprint density at radius 2 is 1.44 bits per heavy atom. The van der Waals surface area contributed by atoms with Gasteiger partial charge in [0, 0.05) is 63.9 Å². The summed E-state index contributed by atoms with van der Waals surface area (Å²) in [6, 6.07) is 16.2. The highest BCUT2D eigenvalue weighted by Crippen LogP contribution is 2.32. The molecule has 8 nitrogen and oxygen atoms in total. The molecule has 2 aromatic carbocycles. The fourth-order valence-corrected chi connectivity index (χ4v) is 5.71. The summed E-state index contributed by atoms with van der Waals surface area (Å²) in [5.74, 6) is 1.77. The average Bonchev–Trinajstić information content (AvgIpc) is 3.31. The van der Waals surface area contributed by atoms with Crippen molar-refractivity contribution in [1.82, 2.24) is 19.8 Å². The molecule has 0 aliphatic carbocycles. The molecule has 3 saturated heterocycles. The summed E-state index contributed by atoms with van der Waals surface area (Å²) in [4.78, 5) is 19.5. The molecule has 4 heterocycles. The van der Waals surface area contributed by atoms with Gasteiger partial charge in [0.1, 0.15) is 0 Å². The lowest BCUT2D eigenvalue weighted by atomic mass is 10.1. The number of rotatable bonds is 5. The van der Waals surface area contributed by atoms with E-state index in [4.69, 9.17) is 26.3 Å². The molecular formula is C27H33ClN6O2. The van der Waals surface area contributed by atoms with Crippen LogP contribution in [0.25, 0.3) is 11.0 Å². The Labute approximate surface area is 217 Å². The van der Waals surface area contributed by atoms with E-state index in [-0.39, 0.29) is 6.04 Å². The molecular weight excluding hydrogens is 476 g/mol. The number of para-hydroxylation sites is 2. The van der Waals surface area contributed by atoms with Crippen molar-refractivity contribution in [3.8, 4) is 0 Å². The molecule has 2 unspecified atom stereocenters. The number of benzene rings is 2. The molecule has 0 bridgehead atoms. The van der Waals surface area contributed by atoms with Crippen LogP contribution in [0.15, 0.2) is 48.5 Å². The van der Waals surface area contributed by atoms with Crippen LogP contribution in [0.5, 0.6) is 0 Å². The minimum absolute atomic E-state index is 0.0912. The van der Waals surface area contributed by atoms with Gasteiger partial charge in [-0.1, -0.05) is 35.9 Å². The van der Waals surface area contributed by atoms with Crippen molar-refractivity contribution in [3.63, 3.8) is 0 Å². The van der Waals surface area contributed by atoms with Gasteiger partial charge in [-0.15, -0.1) is 0 Å². The fourth-order valence-electron chi connectivity index (χ4n) is 5.58. The third kappa shape index (κ3) is 5.01. The zero-order chi connectivity index (χ0) is 24.5. The van der Waals surface area contributed by atoms with Gasteiger partial charge < -0.3 is 19.6 Å². The molecule has 0 spiro atoms. The largest absolute Gasteiger partial charge is 0.390 e. The second-order valence-corrected chi connectivity index (χ2v) is 10.4. The van der Waals surface area contributed by atoms with Crippen LogP contribution >= 0.6 is 11.6 Å². The van der Waals surface area contributed by atoms with Gasteiger partial charge in [-0.05, 0) is 29.8 Å². The number of morpholine rings is 1. The maximum absolute atomic E-state index is 11.1. The molecule has 190 valence electrons. The molecule has 2 atom stereocenters. The Kier molecular flexibility index (Phi) is 6.95. The average molecular weight is 509 g/mol. The van der Waals surface area contributed by atoms with E-state index in [1.165, 1.54) is 5.56 Å². The first-order chi connectivity index (χ1) is 17.6. The number of aromatic nitrogens is 2.